The number of rotatable bonds is 3. The summed E-state index contributed by atoms with van der Waals surface area (Å²) in [5, 5.41) is 9.23. The molecule has 0 bridgehead atoms. The Labute approximate surface area is 108 Å². The van der Waals surface area contributed by atoms with Crippen molar-refractivity contribution in [1.82, 2.24) is 0 Å². The van der Waals surface area contributed by atoms with E-state index in [1.807, 2.05) is 18.2 Å². The molecule has 1 fully saturated rings. The zero-order valence-electron chi connectivity index (χ0n) is 9.55. The topological polar surface area (TPSA) is 65.0 Å². The molecular weight excluding hydrogens is 256 g/mol. The molecule has 0 saturated carbocycles. The van der Waals surface area contributed by atoms with E-state index in [1.54, 1.807) is 0 Å². The summed E-state index contributed by atoms with van der Waals surface area (Å²) >= 11 is 1.30. The molecule has 18 heavy (non-hydrogen) atoms. The molecule has 1 N–H and O–H groups in total. The van der Waals surface area contributed by atoms with E-state index >= 15 is 0 Å². The van der Waals surface area contributed by atoms with Gasteiger partial charge in [0, 0.05) is 4.90 Å². The number of carbonyl (C=O) groups is 1. The Bertz CT molecular complexity index is 483. The lowest BCUT2D eigenvalue weighted by atomic mass is 10.1. The first-order valence-corrected chi connectivity index (χ1v) is 6.41. The lowest BCUT2D eigenvalue weighted by Crippen LogP contribution is -2.53. The maximum Gasteiger partial charge on any atom is 0.324 e. The maximum atomic E-state index is 11.2. The number of carboxylic acids is 1. The van der Waals surface area contributed by atoms with Gasteiger partial charge in [-0.2, -0.15) is 0 Å². The summed E-state index contributed by atoms with van der Waals surface area (Å²) < 4.78 is 15.1. The average molecular weight is 268 g/mol. The monoisotopic (exact) mass is 268 g/mol. The van der Waals surface area contributed by atoms with Crippen molar-refractivity contribution in [2.75, 3.05) is 26.4 Å². The summed E-state index contributed by atoms with van der Waals surface area (Å²) in [6.45, 7) is 1.55. The molecule has 1 aromatic carbocycles. The minimum Gasteiger partial charge on any atom is -0.486 e. The molecule has 2 aliphatic rings. The molecule has 6 heteroatoms. The van der Waals surface area contributed by atoms with Gasteiger partial charge in [-0.25, -0.2) is 0 Å². The Morgan fingerprint density at radius 2 is 1.94 bits per heavy atom. The third-order valence-corrected chi connectivity index (χ3v) is 4.18. The number of aliphatic carboxylic acids is 1. The van der Waals surface area contributed by atoms with Gasteiger partial charge in [-0.3, -0.25) is 4.79 Å². The Hall–Kier alpha value is -1.40. The third-order valence-electron chi connectivity index (χ3n) is 2.89. The summed E-state index contributed by atoms with van der Waals surface area (Å²) in [6.07, 6.45) is 0. The van der Waals surface area contributed by atoms with Gasteiger partial charge >= 0.3 is 5.97 Å². The van der Waals surface area contributed by atoms with Crippen molar-refractivity contribution in [3.63, 3.8) is 0 Å². The van der Waals surface area contributed by atoms with Gasteiger partial charge in [0.15, 0.2) is 16.2 Å². The van der Waals surface area contributed by atoms with Crippen molar-refractivity contribution < 1.29 is 24.1 Å². The molecule has 5 nitrogen and oxygen atoms in total. The molecule has 1 saturated heterocycles. The fraction of sp³-hybridized carbons (Fsp3) is 0.417. The number of hydrogen-bond acceptors (Lipinski definition) is 5. The van der Waals surface area contributed by atoms with E-state index in [9.17, 15) is 9.90 Å². The van der Waals surface area contributed by atoms with E-state index in [2.05, 4.69) is 0 Å². The fourth-order valence-corrected chi connectivity index (χ4v) is 2.95. The quantitative estimate of drug-likeness (QED) is 0.894. The van der Waals surface area contributed by atoms with Crippen LogP contribution in [0.25, 0.3) is 0 Å². The number of thioether (sulfide) groups is 1. The van der Waals surface area contributed by atoms with Gasteiger partial charge < -0.3 is 19.3 Å². The van der Waals surface area contributed by atoms with Crippen LogP contribution in [0.5, 0.6) is 11.5 Å². The first kappa shape index (κ1) is 11.7. The molecule has 2 heterocycles. The third kappa shape index (κ3) is 1.91. The van der Waals surface area contributed by atoms with E-state index in [1.165, 1.54) is 11.8 Å². The number of fused-ring (bicyclic) bond motifs is 1. The summed E-state index contributed by atoms with van der Waals surface area (Å²) in [7, 11) is 0. The number of carboxylic acid groups (broad SMARTS) is 1. The van der Waals surface area contributed by atoms with E-state index in [-0.39, 0.29) is 13.2 Å². The molecule has 0 amide bonds. The molecule has 3 rings (SSSR count). The van der Waals surface area contributed by atoms with Crippen LogP contribution in [0, 0.1) is 0 Å². The minimum atomic E-state index is -0.857. The second-order valence-corrected chi connectivity index (χ2v) is 5.66. The van der Waals surface area contributed by atoms with E-state index < -0.39 is 10.7 Å². The standard InChI is InChI=1S/C12H12O5S/c13-11(14)12(6-15-7-12)18-8-1-2-9-10(5-8)17-4-3-16-9/h1-2,5H,3-4,6-7H2,(H,13,14). The first-order chi connectivity index (χ1) is 8.70. The van der Waals surface area contributed by atoms with Crippen LogP contribution >= 0.6 is 11.8 Å². The van der Waals surface area contributed by atoms with Crippen molar-refractivity contribution in [1.29, 1.82) is 0 Å². The molecule has 0 atom stereocenters. The maximum absolute atomic E-state index is 11.2. The van der Waals surface area contributed by atoms with Crippen molar-refractivity contribution in [3.8, 4) is 11.5 Å². The minimum absolute atomic E-state index is 0.238. The highest BCUT2D eigenvalue weighted by atomic mass is 32.2. The highest BCUT2D eigenvalue weighted by Gasteiger charge is 2.47. The van der Waals surface area contributed by atoms with Gasteiger partial charge in [0.2, 0.25) is 0 Å². The van der Waals surface area contributed by atoms with Gasteiger partial charge in [-0.1, -0.05) is 0 Å². The van der Waals surface area contributed by atoms with Gasteiger partial charge in [0.25, 0.3) is 0 Å². The van der Waals surface area contributed by atoms with Crippen LogP contribution in [0.4, 0.5) is 0 Å². The molecule has 0 unspecified atom stereocenters. The Morgan fingerprint density at radius 1 is 1.22 bits per heavy atom. The van der Waals surface area contributed by atoms with Crippen LogP contribution in [0.1, 0.15) is 0 Å². The fourth-order valence-electron chi connectivity index (χ4n) is 1.83. The summed E-state index contributed by atoms with van der Waals surface area (Å²) in [5.41, 5.74) is 0. The van der Waals surface area contributed by atoms with E-state index in [0.29, 0.717) is 24.7 Å². The van der Waals surface area contributed by atoms with Crippen molar-refractivity contribution in [2.24, 2.45) is 0 Å². The summed E-state index contributed by atoms with van der Waals surface area (Å²) in [5.74, 6) is 0.542. The molecule has 96 valence electrons. The van der Waals surface area contributed by atoms with Gasteiger partial charge in [0.1, 0.15) is 13.2 Å². The summed E-state index contributed by atoms with van der Waals surface area (Å²) in [4.78, 5) is 12.1. The molecular formula is C12H12O5S. The first-order valence-electron chi connectivity index (χ1n) is 5.59. The van der Waals surface area contributed by atoms with E-state index in [4.69, 9.17) is 14.2 Å². The van der Waals surface area contributed by atoms with Gasteiger partial charge in [-0.05, 0) is 18.2 Å². The number of hydrogen-bond donors (Lipinski definition) is 1. The Kier molecular flexibility index (Phi) is 2.83. The molecule has 0 spiro atoms. The van der Waals surface area contributed by atoms with Crippen LogP contribution < -0.4 is 9.47 Å². The highest BCUT2D eigenvalue weighted by molar-refractivity contribution is 8.01. The number of benzene rings is 1. The molecule has 1 aromatic rings. The lowest BCUT2D eigenvalue weighted by Gasteiger charge is -2.36. The van der Waals surface area contributed by atoms with Crippen molar-refractivity contribution in [2.45, 2.75) is 9.64 Å². The number of ether oxygens (including phenoxy) is 3. The lowest BCUT2D eigenvalue weighted by molar-refractivity contribution is -0.151. The Morgan fingerprint density at radius 3 is 2.56 bits per heavy atom. The normalized spacial score (nSPS) is 20.0. The second kappa shape index (κ2) is 4.37. The van der Waals surface area contributed by atoms with Gasteiger partial charge in [-0.15, -0.1) is 11.8 Å². The zero-order valence-corrected chi connectivity index (χ0v) is 10.4. The van der Waals surface area contributed by atoms with Crippen LogP contribution in [-0.4, -0.2) is 42.3 Å². The predicted octanol–water partition coefficient (Wildman–Crippen LogP) is 1.40. The average Bonchev–Trinajstić information content (AvgIpc) is 2.33. The second-order valence-electron chi connectivity index (χ2n) is 4.20. The highest BCUT2D eigenvalue weighted by Crippen LogP contribution is 2.42. The molecule has 2 aliphatic heterocycles. The Balaban J connectivity index is 1.82. The van der Waals surface area contributed by atoms with Crippen molar-refractivity contribution >= 4 is 17.7 Å². The van der Waals surface area contributed by atoms with Crippen molar-refractivity contribution in [3.05, 3.63) is 18.2 Å². The molecule has 0 radical (unpaired) electrons. The SMILES string of the molecule is O=C(O)C1(Sc2ccc3c(c2)OCCO3)COC1. The van der Waals surface area contributed by atoms with Gasteiger partial charge in [0.05, 0.1) is 13.2 Å². The predicted molar refractivity (Wildman–Crippen MR) is 64.5 cm³/mol. The summed E-state index contributed by atoms with van der Waals surface area (Å²) in [6, 6.07) is 5.48. The smallest absolute Gasteiger partial charge is 0.324 e. The van der Waals surface area contributed by atoms with Crippen LogP contribution in [0.2, 0.25) is 0 Å². The largest absolute Gasteiger partial charge is 0.486 e. The van der Waals surface area contributed by atoms with Crippen LogP contribution in [0.3, 0.4) is 0 Å². The molecule has 0 aliphatic carbocycles. The van der Waals surface area contributed by atoms with Crippen LogP contribution in [-0.2, 0) is 9.53 Å². The van der Waals surface area contributed by atoms with E-state index in [0.717, 1.165) is 4.90 Å². The zero-order chi connectivity index (χ0) is 12.6. The van der Waals surface area contributed by atoms with Crippen LogP contribution in [0.15, 0.2) is 23.1 Å². The molecule has 0 aromatic heterocycles.